The molecule has 0 atom stereocenters. The SMILES string of the molecule is O=C(Cn1ccn(CC(F)(F)F)c(=O)c1=O)Nc1ccccc1. The minimum Gasteiger partial charge on any atom is -0.325 e. The van der Waals surface area contributed by atoms with Crippen molar-refractivity contribution in [2.75, 3.05) is 5.32 Å². The number of hydrogen-bond donors (Lipinski definition) is 1. The van der Waals surface area contributed by atoms with Gasteiger partial charge in [0, 0.05) is 18.1 Å². The summed E-state index contributed by atoms with van der Waals surface area (Å²) < 4.78 is 37.8. The van der Waals surface area contributed by atoms with E-state index < -0.39 is 36.3 Å². The molecule has 0 saturated carbocycles. The van der Waals surface area contributed by atoms with E-state index in [4.69, 9.17) is 0 Å². The van der Waals surface area contributed by atoms with E-state index >= 15 is 0 Å². The highest BCUT2D eigenvalue weighted by Gasteiger charge is 2.28. The monoisotopic (exact) mass is 327 g/mol. The Balaban J connectivity index is 2.15. The summed E-state index contributed by atoms with van der Waals surface area (Å²) in [6.07, 6.45) is -2.82. The fraction of sp³-hybridized carbons (Fsp3) is 0.214. The third-order valence-electron chi connectivity index (χ3n) is 2.85. The Kier molecular flexibility index (Phi) is 4.68. The van der Waals surface area contributed by atoms with Crippen LogP contribution < -0.4 is 16.4 Å². The first-order chi connectivity index (χ1) is 10.8. The average molecular weight is 327 g/mol. The van der Waals surface area contributed by atoms with E-state index in [1.807, 2.05) is 0 Å². The number of nitrogens with one attached hydrogen (secondary N) is 1. The van der Waals surface area contributed by atoms with Crippen LogP contribution in [0.2, 0.25) is 0 Å². The predicted molar refractivity (Wildman–Crippen MR) is 76.1 cm³/mol. The maximum absolute atomic E-state index is 12.3. The van der Waals surface area contributed by atoms with Crippen molar-refractivity contribution >= 4 is 11.6 Å². The van der Waals surface area contributed by atoms with Crippen molar-refractivity contribution in [1.29, 1.82) is 0 Å². The van der Waals surface area contributed by atoms with E-state index in [1.54, 1.807) is 30.3 Å². The van der Waals surface area contributed by atoms with Crippen LogP contribution in [0.5, 0.6) is 0 Å². The lowest BCUT2D eigenvalue weighted by Gasteiger charge is -2.11. The molecule has 6 nitrogen and oxygen atoms in total. The number of aromatic nitrogens is 2. The summed E-state index contributed by atoms with van der Waals surface area (Å²) >= 11 is 0. The zero-order valence-corrected chi connectivity index (χ0v) is 11.7. The molecule has 23 heavy (non-hydrogen) atoms. The first-order valence-electron chi connectivity index (χ1n) is 6.48. The first kappa shape index (κ1) is 16.5. The number of anilines is 1. The summed E-state index contributed by atoms with van der Waals surface area (Å²) in [5.41, 5.74) is -2.03. The Morgan fingerprint density at radius 2 is 1.57 bits per heavy atom. The van der Waals surface area contributed by atoms with E-state index in [-0.39, 0.29) is 4.57 Å². The van der Waals surface area contributed by atoms with Gasteiger partial charge in [-0.1, -0.05) is 18.2 Å². The highest BCUT2D eigenvalue weighted by atomic mass is 19.4. The fourth-order valence-electron chi connectivity index (χ4n) is 1.86. The molecule has 2 rings (SSSR count). The molecule has 0 bridgehead atoms. The molecule has 0 aliphatic rings. The molecule has 0 spiro atoms. The van der Waals surface area contributed by atoms with Crippen LogP contribution in [0.3, 0.4) is 0 Å². The predicted octanol–water partition coefficient (Wildman–Crippen LogP) is 1.21. The van der Waals surface area contributed by atoms with Crippen LogP contribution in [0, 0.1) is 0 Å². The number of carbonyl (C=O) groups is 1. The molecule has 0 unspecified atom stereocenters. The van der Waals surface area contributed by atoms with Crippen LogP contribution in [-0.2, 0) is 17.9 Å². The van der Waals surface area contributed by atoms with Crippen molar-refractivity contribution in [2.45, 2.75) is 19.3 Å². The maximum atomic E-state index is 12.3. The molecular weight excluding hydrogens is 315 g/mol. The minimum absolute atomic E-state index is 0.258. The summed E-state index contributed by atoms with van der Waals surface area (Å²) in [7, 11) is 0. The first-order valence-corrected chi connectivity index (χ1v) is 6.48. The Morgan fingerprint density at radius 3 is 2.17 bits per heavy atom. The van der Waals surface area contributed by atoms with Gasteiger partial charge in [-0.15, -0.1) is 0 Å². The zero-order chi connectivity index (χ0) is 17.0. The molecule has 0 fully saturated rings. The summed E-state index contributed by atoms with van der Waals surface area (Å²) in [5.74, 6) is -0.578. The molecule has 1 N–H and O–H groups in total. The maximum Gasteiger partial charge on any atom is 0.406 e. The summed E-state index contributed by atoms with van der Waals surface area (Å²) in [6, 6.07) is 8.39. The lowest BCUT2D eigenvalue weighted by Crippen LogP contribution is -2.43. The van der Waals surface area contributed by atoms with Crippen molar-refractivity contribution < 1.29 is 18.0 Å². The molecule has 0 aliphatic heterocycles. The second-order valence-corrected chi connectivity index (χ2v) is 4.69. The van der Waals surface area contributed by atoms with E-state index in [0.29, 0.717) is 5.69 Å². The largest absolute Gasteiger partial charge is 0.406 e. The number of nitrogens with zero attached hydrogens (tertiary/aromatic N) is 2. The van der Waals surface area contributed by atoms with Gasteiger partial charge in [0.15, 0.2) is 0 Å². The third kappa shape index (κ3) is 4.56. The van der Waals surface area contributed by atoms with E-state index in [1.165, 1.54) is 0 Å². The second-order valence-electron chi connectivity index (χ2n) is 4.69. The van der Waals surface area contributed by atoms with Gasteiger partial charge >= 0.3 is 17.3 Å². The highest BCUT2D eigenvalue weighted by molar-refractivity contribution is 5.90. The standard InChI is InChI=1S/C14H12F3N3O3/c15-14(16,17)9-20-7-6-19(12(22)13(20)23)8-11(21)18-10-4-2-1-3-5-10/h1-7H,8-9H2,(H,18,21). The lowest BCUT2D eigenvalue weighted by atomic mass is 10.3. The molecule has 9 heteroatoms. The minimum atomic E-state index is -4.62. The van der Waals surface area contributed by atoms with Crippen molar-refractivity contribution in [3.63, 3.8) is 0 Å². The Bertz CT molecular complexity index is 810. The Hall–Kier alpha value is -2.84. The molecule has 1 aromatic carbocycles. The van der Waals surface area contributed by atoms with Crippen LogP contribution in [0.15, 0.2) is 52.3 Å². The number of halogens is 3. The molecule has 2 aromatic rings. The quantitative estimate of drug-likeness (QED) is 0.858. The Labute approximate surface area is 127 Å². The van der Waals surface area contributed by atoms with Crippen LogP contribution in [0.4, 0.5) is 18.9 Å². The topological polar surface area (TPSA) is 73.1 Å². The summed E-state index contributed by atoms with van der Waals surface area (Å²) in [6.45, 7) is -2.03. The summed E-state index contributed by atoms with van der Waals surface area (Å²) in [4.78, 5) is 35.2. The average Bonchev–Trinajstić information content (AvgIpc) is 2.47. The number of amides is 1. The number of rotatable bonds is 4. The van der Waals surface area contributed by atoms with Crippen LogP contribution in [0.1, 0.15) is 0 Å². The van der Waals surface area contributed by atoms with Gasteiger partial charge in [0.25, 0.3) is 0 Å². The lowest BCUT2D eigenvalue weighted by molar-refractivity contribution is -0.141. The normalized spacial score (nSPS) is 11.3. The number of alkyl halides is 3. The van der Waals surface area contributed by atoms with Crippen molar-refractivity contribution in [1.82, 2.24) is 9.13 Å². The molecular formula is C14H12F3N3O3. The van der Waals surface area contributed by atoms with Gasteiger partial charge in [-0.2, -0.15) is 13.2 Å². The summed E-state index contributed by atoms with van der Waals surface area (Å²) in [5, 5.41) is 2.50. The van der Waals surface area contributed by atoms with Gasteiger partial charge in [-0.25, -0.2) is 0 Å². The Morgan fingerprint density at radius 1 is 1.00 bits per heavy atom. The molecule has 0 radical (unpaired) electrons. The van der Waals surface area contributed by atoms with Gasteiger partial charge in [0.1, 0.15) is 13.1 Å². The van der Waals surface area contributed by atoms with Crippen LogP contribution in [0.25, 0.3) is 0 Å². The molecule has 1 amide bonds. The zero-order valence-electron chi connectivity index (χ0n) is 11.7. The van der Waals surface area contributed by atoms with Gasteiger partial charge in [0.2, 0.25) is 5.91 Å². The molecule has 0 aliphatic carbocycles. The molecule has 0 saturated heterocycles. The van der Waals surface area contributed by atoms with Gasteiger partial charge in [0.05, 0.1) is 0 Å². The van der Waals surface area contributed by atoms with Crippen molar-refractivity contribution in [3.05, 3.63) is 63.4 Å². The van der Waals surface area contributed by atoms with E-state index in [0.717, 1.165) is 17.0 Å². The van der Waals surface area contributed by atoms with Crippen molar-refractivity contribution in [2.24, 2.45) is 0 Å². The molecule has 1 heterocycles. The van der Waals surface area contributed by atoms with E-state index in [2.05, 4.69) is 5.32 Å². The number of carbonyl (C=O) groups excluding carboxylic acids is 1. The molecule has 1 aromatic heterocycles. The molecule has 122 valence electrons. The van der Waals surface area contributed by atoms with E-state index in [9.17, 15) is 27.6 Å². The van der Waals surface area contributed by atoms with Crippen LogP contribution in [-0.4, -0.2) is 21.2 Å². The smallest absolute Gasteiger partial charge is 0.325 e. The van der Waals surface area contributed by atoms with Gasteiger partial charge < -0.3 is 9.88 Å². The van der Waals surface area contributed by atoms with Gasteiger partial charge in [-0.05, 0) is 12.1 Å². The number of para-hydroxylation sites is 1. The van der Waals surface area contributed by atoms with Crippen LogP contribution >= 0.6 is 0 Å². The third-order valence-corrected chi connectivity index (χ3v) is 2.85. The second kappa shape index (κ2) is 6.51. The fourth-order valence-corrected chi connectivity index (χ4v) is 1.86. The van der Waals surface area contributed by atoms with Gasteiger partial charge in [-0.3, -0.25) is 19.0 Å². The highest BCUT2D eigenvalue weighted by Crippen LogP contribution is 2.15. The van der Waals surface area contributed by atoms with Crippen molar-refractivity contribution in [3.8, 4) is 0 Å². The number of benzene rings is 1. The number of hydrogen-bond acceptors (Lipinski definition) is 3.